The molecule has 0 spiro atoms. The lowest BCUT2D eigenvalue weighted by atomic mass is 9.61. The van der Waals surface area contributed by atoms with Crippen LogP contribution < -0.4 is 4.74 Å². The van der Waals surface area contributed by atoms with Crippen LogP contribution in [-0.4, -0.2) is 41.8 Å². The number of likely N-dealkylation sites (tertiary alicyclic amines) is 1. The van der Waals surface area contributed by atoms with Crippen LogP contribution in [0.15, 0.2) is 48.5 Å². The molecule has 1 aliphatic heterocycles. The number of aryl methyl sites for hydroxylation is 2. The molecule has 162 valence electrons. The largest absolute Gasteiger partial charge is 0.493 e. The first kappa shape index (κ1) is 21.4. The van der Waals surface area contributed by atoms with Gasteiger partial charge in [0.25, 0.3) is 0 Å². The van der Waals surface area contributed by atoms with Gasteiger partial charge >= 0.3 is 0 Å². The van der Waals surface area contributed by atoms with E-state index in [0.29, 0.717) is 12.0 Å². The number of ether oxygens (including phenoxy) is 1. The zero-order chi connectivity index (χ0) is 21.1. The highest BCUT2D eigenvalue weighted by molar-refractivity contribution is 5.32. The van der Waals surface area contributed by atoms with Gasteiger partial charge in [0, 0.05) is 23.9 Å². The van der Waals surface area contributed by atoms with Crippen LogP contribution in [-0.2, 0) is 5.41 Å². The molecular weight excluding hydrogens is 370 g/mol. The summed E-state index contributed by atoms with van der Waals surface area (Å²) in [4.78, 5) is 2.51. The lowest BCUT2D eigenvalue weighted by Crippen LogP contribution is -2.55. The number of hydrogen-bond donors (Lipinski definition) is 1. The van der Waals surface area contributed by atoms with E-state index < -0.39 is 0 Å². The Labute approximate surface area is 182 Å². The maximum atomic E-state index is 11.4. The first-order valence-corrected chi connectivity index (χ1v) is 11.7. The van der Waals surface area contributed by atoms with Gasteiger partial charge < -0.3 is 9.84 Å². The fourth-order valence-corrected chi connectivity index (χ4v) is 5.27. The molecule has 2 aliphatic rings. The summed E-state index contributed by atoms with van der Waals surface area (Å²) in [7, 11) is 0. The minimum Gasteiger partial charge on any atom is -0.493 e. The Morgan fingerprint density at radius 3 is 2.23 bits per heavy atom. The molecule has 0 bridgehead atoms. The SMILES string of the molecule is Cc1ccc(OCC2CCCN(CC(O)C3(c4ccc(C)cc4)CCC3)C2C)cc1. The monoisotopic (exact) mass is 407 g/mol. The van der Waals surface area contributed by atoms with E-state index in [-0.39, 0.29) is 11.5 Å². The Bertz CT molecular complexity index is 810. The second kappa shape index (κ2) is 9.11. The summed E-state index contributed by atoms with van der Waals surface area (Å²) in [6, 6.07) is 17.6. The van der Waals surface area contributed by atoms with Gasteiger partial charge in [-0.25, -0.2) is 0 Å². The van der Waals surface area contributed by atoms with Crippen molar-refractivity contribution in [3.63, 3.8) is 0 Å². The van der Waals surface area contributed by atoms with Gasteiger partial charge in [0.15, 0.2) is 0 Å². The highest BCUT2D eigenvalue weighted by Crippen LogP contribution is 2.47. The van der Waals surface area contributed by atoms with Gasteiger partial charge in [0.05, 0.1) is 12.7 Å². The van der Waals surface area contributed by atoms with Crippen LogP contribution in [0.3, 0.4) is 0 Å². The fraction of sp³-hybridized carbons (Fsp3) is 0.556. The van der Waals surface area contributed by atoms with E-state index in [1.165, 1.54) is 36.0 Å². The van der Waals surface area contributed by atoms with E-state index in [9.17, 15) is 5.11 Å². The summed E-state index contributed by atoms with van der Waals surface area (Å²) < 4.78 is 6.12. The minimum atomic E-state index is -0.312. The quantitative estimate of drug-likeness (QED) is 0.679. The Balaban J connectivity index is 1.38. The van der Waals surface area contributed by atoms with Crippen molar-refractivity contribution in [3.05, 3.63) is 65.2 Å². The van der Waals surface area contributed by atoms with Gasteiger partial charge in [0.1, 0.15) is 5.75 Å². The second-order valence-corrected chi connectivity index (χ2v) is 9.65. The third-order valence-electron chi connectivity index (χ3n) is 7.68. The van der Waals surface area contributed by atoms with Crippen molar-refractivity contribution < 1.29 is 9.84 Å². The van der Waals surface area contributed by atoms with Gasteiger partial charge in [0.2, 0.25) is 0 Å². The molecule has 3 nitrogen and oxygen atoms in total. The lowest BCUT2D eigenvalue weighted by molar-refractivity contribution is -0.0250. The number of aliphatic hydroxyl groups excluding tert-OH is 1. The molecule has 1 N–H and O–H groups in total. The van der Waals surface area contributed by atoms with Crippen molar-refractivity contribution in [2.45, 2.75) is 70.4 Å². The summed E-state index contributed by atoms with van der Waals surface area (Å²) in [6.45, 7) is 9.12. The first-order valence-electron chi connectivity index (χ1n) is 11.7. The molecule has 2 aromatic carbocycles. The summed E-state index contributed by atoms with van der Waals surface area (Å²) in [5.41, 5.74) is 3.80. The topological polar surface area (TPSA) is 32.7 Å². The molecule has 1 aliphatic carbocycles. The van der Waals surface area contributed by atoms with Gasteiger partial charge in [-0.05, 0) is 70.7 Å². The molecule has 3 heteroatoms. The average Bonchev–Trinajstić information content (AvgIpc) is 2.70. The number of aliphatic hydroxyl groups is 1. The normalized spacial score (nSPS) is 24.8. The van der Waals surface area contributed by atoms with E-state index in [4.69, 9.17) is 4.74 Å². The molecule has 1 heterocycles. The standard InChI is InChI=1S/C27H37NO2/c1-20-7-11-24(12-8-20)27(15-5-16-27)26(29)18-28-17-4-6-23(22(28)3)19-30-25-13-9-21(2)10-14-25/h7-14,22-23,26,29H,4-6,15-19H2,1-3H3. The molecule has 2 aromatic rings. The highest BCUT2D eigenvalue weighted by atomic mass is 16.5. The second-order valence-electron chi connectivity index (χ2n) is 9.65. The minimum absolute atomic E-state index is 0.0568. The van der Waals surface area contributed by atoms with Crippen LogP contribution in [0.5, 0.6) is 5.75 Å². The summed E-state index contributed by atoms with van der Waals surface area (Å²) in [5.74, 6) is 1.46. The van der Waals surface area contributed by atoms with E-state index in [1.54, 1.807) is 0 Å². The van der Waals surface area contributed by atoms with Crippen molar-refractivity contribution in [2.75, 3.05) is 19.7 Å². The average molecular weight is 408 g/mol. The summed E-state index contributed by atoms with van der Waals surface area (Å²) >= 11 is 0. The van der Waals surface area contributed by atoms with Gasteiger partial charge in [-0.3, -0.25) is 4.90 Å². The van der Waals surface area contributed by atoms with Gasteiger partial charge in [-0.2, -0.15) is 0 Å². The third-order valence-corrected chi connectivity index (χ3v) is 7.68. The van der Waals surface area contributed by atoms with Crippen molar-refractivity contribution in [3.8, 4) is 5.75 Å². The Morgan fingerprint density at radius 1 is 1.00 bits per heavy atom. The Kier molecular flexibility index (Phi) is 6.50. The molecule has 0 radical (unpaired) electrons. The number of piperidine rings is 1. The number of hydrogen-bond acceptors (Lipinski definition) is 3. The third kappa shape index (κ3) is 4.43. The van der Waals surface area contributed by atoms with Crippen molar-refractivity contribution in [2.24, 2.45) is 5.92 Å². The van der Waals surface area contributed by atoms with E-state index >= 15 is 0 Å². The van der Waals surface area contributed by atoms with Gasteiger partial charge in [-0.15, -0.1) is 0 Å². The number of nitrogens with zero attached hydrogens (tertiary/aromatic N) is 1. The predicted molar refractivity (Wildman–Crippen MR) is 123 cm³/mol. The molecule has 30 heavy (non-hydrogen) atoms. The van der Waals surface area contributed by atoms with Crippen molar-refractivity contribution in [1.29, 1.82) is 0 Å². The van der Waals surface area contributed by atoms with E-state index in [1.807, 2.05) is 0 Å². The van der Waals surface area contributed by atoms with Crippen LogP contribution in [0, 0.1) is 19.8 Å². The maximum absolute atomic E-state index is 11.4. The molecule has 0 amide bonds. The maximum Gasteiger partial charge on any atom is 0.119 e. The molecule has 1 saturated carbocycles. The molecule has 1 saturated heterocycles. The molecular formula is C27H37NO2. The molecule has 4 rings (SSSR count). The zero-order valence-corrected chi connectivity index (χ0v) is 18.8. The Morgan fingerprint density at radius 2 is 1.63 bits per heavy atom. The molecule has 2 fully saturated rings. The van der Waals surface area contributed by atoms with Crippen LogP contribution in [0.25, 0.3) is 0 Å². The summed E-state index contributed by atoms with van der Waals surface area (Å²) in [6.07, 6.45) is 5.47. The predicted octanol–water partition coefficient (Wildman–Crippen LogP) is 5.27. The van der Waals surface area contributed by atoms with Crippen LogP contribution in [0.1, 0.15) is 55.7 Å². The molecule has 3 atom stereocenters. The van der Waals surface area contributed by atoms with Crippen molar-refractivity contribution in [1.82, 2.24) is 4.90 Å². The number of benzene rings is 2. The number of β-amino-alcohol motifs (C(OH)–C–C–N with tert-alkyl or cyclic N) is 1. The lowest BCUT2D eigenvalue weighted by Gasteiger charge is -2.49. The van der Waals surface area contributed by atoms with Crippen molar-refractivity contribution >= 4 is 0 Å². The number of rotatable bonds is 7. The van der Waals surface area contributed by atoms with Crippen LogP contribution in [0.2, 0.25) is 0 Å². The van der Waals surface area contributed by atoms with Crippen LogP contribution in [0.4, 0.5) is 0 Å². The molecule has 3 unspecified atom stereocenters. The Hall–Kier alpha value is -1.84. The first-order chi connectivity index (χ1) is 14.5. The molecule has 0 aromatic heterocycles. The van der Waals surface area contributed by atoms with Gasteiger partial charge in [-0.1, -0.05) is 53.9 Å². The summed E-state index contributed by atoms with van der Waals surface area (Å²) in [5, 5.41) is 11.4. The zero-order valence-electron chi connectivity index (χ0n) is 18.8. The van der Waals surface area contributed by atoms with E-state index in [0.717, 1.165) is 38.3 Å². The smallest absolute Gasteiger partial charge is 0.119 e. The highest BCUT2D eigenvalue weighted by Gasteiger charge is 2.46. The van der Waals surface area contributed by atoms with Crippen LogP contribution >= 0.6 is 0 Å². The fourth-order valence-electron chi connectivity index (χ4n) is 5.27. The van der Waals surface area contributed by atoms with E-state index in [2.05, 4.69) is 74.2 Å².